The van der Waals surface area contributed by atoms with Crippen molar-refractivity contribution in [1.82, 2.24) is 0 Å². The minimum absolute atomic E-state index is 0. The number of unbranched alkanes of at least 4 members (excludes halogenated alkanes) is 16. The summed E-state index contributed by atoms with van der Waals surface area (Å²) in [5.74, 6) is 0. The smallest absolute Gasteiger partial charge is 1.00 e. The van der Waals surface area contributed by atoms with Crippen molar-refractivity contribution in [2.45, 2.75) is 116 Å². The molecule has 0 saturated heterocycles. The number of hydrogen-bond donors (Lipinski definition) is 0. The summed E-state index contributed by atoms with van der Waals surface area (Å²) in [4.78, 5) is 0. The zero-order chi connectivity index (χ0) is 17.0. The molecule has 0 fully saturated rings. The van der Waals surface area contributed by atoms with Gasteiger partial charge < -0.3 is 10.2 Å². The van der Waals surface area contributed by atoms with Gasteiger partial charge in [0, 0.05) is 0 Å². The van der Waals surface area contributed by atoms with E-state index in [-0.39, 0.29) is 20.3 Å². The summed E-state index contributed by atoms with van der Waals surface area (Å²) in [6.45, 7) is 2.62. The van der Waals surface area contributed by atoms with Crippen molar-refractivity contribution in [2.24, 2.45) is 0 Å². The number of hydrogen-bond acceptors (Lipinski definition) is 3. The molecule has 142 valence electrons. The summed E-state index contributed by atoms with van der Waals surface area (Å²) < 4.78 is 24.8. The van der Waals surface area contributed by atoms with Crippen LogP contribution in [0.15, 0.2) is 0 Å². The van der Waals surface area contributed by atoms with Crippen molar-refractivity contribution < 1.29 is 33.2 Å². The Balaban J connectivity index is -0.00000242. The van der Waals surface area contributed by atoms with Crippen LogP contribution in [0.1, 0.15) is 118 Å². The average molecular weight is 356 g/mol. The van der Waals surface area contributed by atoms with E-state index in [2.05, 4.69) is 11.1 Å². The Morgan fingerprint density at radius 3 is 1.25 bits per heavy atom. The predicted octanol–water partition coefficient (Wildman–Crippen LogP) is 3.57. The van der Waals surface area contributed by atoms with Gasteiger partial charge in [0.25, 0.3) is 0 Å². The third-order valence-corrected chi connectivity index (χ3v) is 4.79. The van der Waals surface area contributed by atoms with Crippen LogP contribution in [0.2, 0.25) is 0 Å². The molecule has 1 unspecified atom stereocenters. The molecule has 0 rings (SSSR count). The Hall–Kier alpha value is 0.667. The molecule has 0 heterocycles. The normalized spacial score (nSPS) is 12.1. The van der Waals surface area contributed by atoms with Crippen LogP contribution in [0, 0.1) is 0 Å². The third-order valence-electron chi connectivity index (χ3n) is 4.43. The molecular weight excluding hydrogens is 315 g/mol. The van der Waals surface area contributed by atoms with Crippen molar-refractivity contribution in [3.63, 3.8) is 0 Å². The van der Waals surface area contributed by atoms with Gasteiger partial charge in [-0.2, -0.15) is 0 Å². The molecule has 5 heteroatoms. The van der Waals surface area contributed by atoms with Crippen LogP contribution >= 0.6 is 0 Å². The molecule has 0 aromatic heterocycles. The molecule has 0 N–H and O–H groups in total. The summed E-state index contributed by atoms with van der Waals surface area (Å²) in [6.07, 6.45) is 22.7. The van der Waals surface area contributed by atoms with E-state index in [9.17, 15) is 8.76 Å². The Kier molecular flexibility index (Phi) is 26.5. The van der Waals surface area contributed by atoms with Gasteiger partial charge in [0.1, 0.15) is 0 Å². The minimum atomic E-state index is -2.33. The zero-order valence-electron chi connectivity index (χ0n) is 17.4. The largest absolute Gasteiger partial charge is 1.00 e. The maximum absolute atomic E-state index is 10.1. The van der Waals surface area contributed by atoms with E-state index in [0.29, 0.717) is 6.61 Å². The van der Waals surface area contributed by atoms with E-state index in [4.69, 9.17) is 0 Å². The molecule has 0 amide bonds. The average Bonchev–Trinajstić information content (AvgIpc) is 2.53. The predicted molar refractivity (Wildman–Crippen MR) is 100 cm³/mol. The molecule has 0 aliphatic rings. The topological polar surface area (TPSA) is 49.4 Å². The Morgan fingerprint density at radius 1 is 0.667 bits per heavy atom. The van der Waals surface area contributed by atoms with Gasteiger partial charge in [-0.1, -0.05) is 110 Å². The van der Waals surface area contributed by atoms with E-state index >= 15 is 0 Å². The summed E-state index contributed by atoms with van der Waals surface area (Å²) >= 11 is -2.33. The maximum atomic E-state index is 10.1. The summed E-state index contributed by atoms with van der Waals surface area (Å²) in [5, 5.41) is 0. The van der Waals surface area contributed by atoms with Gasteiger partial charge in [-0.25, -0.2) is 4.21 Å². The van der Waals surface area contributed by atoms with Crippen molar-refractivity contribution in [2.75, 3.05) is 6.61 Å². The van der Waals surface area contributed by atoms with Crippen LogP contribution in [-0.4, -0.2) is 15.4 Å². The van der Waals surface area contributed by atoms with Crippen LogP contribution < -0.4 is 18.9 Å². The molecule has 0 aromatic carbocycles. The first-order valence-corrected chi connectivity index (χ1v) is 11.0. The molecule has 0 aromatic rings. The monoisotopic (exact) mass is 355 g/mol. The maximum Gasteiger partial charge on any atom is 1.00 e. The molecule has 0 radical (unpaired) electrons. The molecule has 0 aliphatic heterocycles. The molecule has 0 bridgehead atoms. The van der Waals surface area contributed by atoms with Crippen LogP contribution in [0.5, 0.6) is 0 Å². The molecule has 0 spiro atoms. The van der Waals surface area contributed by atoms with E-state index < -0.39 is 11.4 Å². The Bertz CT molecular complexity index is 259. The first-order chi connectivity index (χ1) is 11.3. The van der Waals surface area contributed by atoms with Gasteiger partial charge in [0.15, 0.2) is 0 Å². The van der Waals surface area contributed by atoms with Crippen LogP contribution in [-0.2, 0) is 15.5 Å². The standard InChI is InChI=1S/C19H40O3S.Li.H/c1-2-3-4-5-6-7-8-9-10-11-12-13-14-15-16-17-18-19-22-23(20)21;;/h2-19H2,1H3,(H,20,21);;/q;+1;-1/p-1. The number of rotatable bonds is 19. The first-order valence-electron chi connectivity index (χ1n) is 10.00. The Morgan fingerprint density at radius 2 is 0.958 bits per heavy atom. The quantitative estimate of drug-likeness (QED) is 0.202. The van der Waals surface area contributed by atoms with Gasteiger partial charge in [0.05, 0.1) is 18.0 Å². The van der Waals surface area contributed by atoms with E-state index in [1.807, 2.05) is 0 Å². The molecule has 0 aliphatic carbocycles. The molecule has 0 saturated carbocycles. The molecule has 24 heavy (non-hydrogen) atoms. The molecular formula is C19H40LiO3S-. The van der Waals surface area contributed by atoms with Gasteiger partial charge in [-0.05, 0) is 6.42 Å². The second kappa shape index (κ2) is 23.7. The van der Waals surface area contributed by atoms with Crippen LogP contribution in [0.3, 0.4) is 0 Å². The summed E-state index contributed by atoms with van der Waals surface area (Å²) in [6, 6.07) is 0. The van der Waals surface area contributed by atoms with Gasteiger partial charge in [-0.3, -0.25) is 0 Å². The van der Waals surface area contributed by atoms with Crippen molar-refractivity contribution in [3.05, 3.63) is 0 Å². The van der Waals surface area contributed by atoms with Crippen LogP contribution in [0.4, 0.5) is 0 Å². The van der Waals surface area contributed by atoms with Crippen molar-refractivity contribution >= 4 is 11.4 Å². The SMILES string of the molecule is CCCCCCCCCCCCCCCCCCCOS(=O)[O-].[H-].[Li+]. The fraction of sp³-hybridized carbons (Fsp3) is 1.00. The Labute approximate surface area is 167 Å². The first kappa shape index (κ1) is 26.9. The van der Waals surface area contributed by atoms with Crippen molar-refractivity contribution in [3.8, 4) is 0 Å². The van der Waals surface area contributed by atoms with E-state index in [1.165, 1.54) is 96.3 Å². The van der Waals surface area contributed by atoms with E-state index in [0.717, 1.165) is 12.8 Å². The van der Waals surface area contributed by atoms with E-state index in [1.54, 1.807) is 0 Å². The van der Waals surface area contributed by atoms with Gasteiger partial charge >= 0.3 is 18.9 Å². The fourth-order valence-electron chi connectivity index (χ4n) is 2.95. The molecule has 1 atom stereocenters. The van der Waals surface area contributed by atoms with Gasteiger partial charge in [-0.15, -0.1) is 0 Å². The van der Waals surface area contributed by atoms with Crippen molar-refractivity contribution in [1.29, 1.82) is 0 Å². The second-order valence-corrected chi connectivity index (χ2v) is 7.33. The fourth-order valence-corrected chi connectivity index (χ4v) is 3.21. The zero-order valence-corrected chi connectivity index (χ0v) is 17.2. The summed E-state index contributed by atoms with van der Waals surface area (Å²) in [5.41, 5.74) is 0. The summed E-state index contributed by atoms with van der Waals surface area (Å²) in [7, 11) is 0. The minimum Gasteiger partial charge on any atom is -1.00 e. The second-order valence-electron chi connectivity index (χ2n) is 6.68. The molecule has 3 nitrogen and oxygen atoms in total. The third kappa shape index (κ3) is 24.9. The van der Waals surface area contributed by atoms with Gasteiger partial charge in [0.2, 0.25) is 0 Å². The van der Waals surface area contributed by atoms with Crippen LogP contribution in [0.25, 0.3) is 0 Å².